The molecular weight excluding hydrogens is 167 g/mol. The van der Waals surface area contributed by atoms with E-state index in [1.807, 2.05) is 24.3 Å². The van der Waals surface area contributed by atoms with E-state index in [0.717, 1.165) is 18.6 Å². The smallest absolute Gasteiger partial charge is 0.123 e. The molecule has 0 spiro atoms. The molecule has 0 saturated heterocycles. The molecule has 72 valence electrons. The summed E-state index contributed by atoms with van der Waals surface area (Å²) in [6, 6.07) is 7.83. The van der Waals surface area contributed by atoms with E-state index in [1.54, 1.807) is 0 Å². The summed E-state index contributed by atoms with van der Waals surface area (Å²) in [7, 11) is 0. The maximum absolute atomic E-state index is 11.8. The highest BCUT2D eigenvalue weighted by atomic mass is 19.1. The van der Waals surface area contributed by atoms with Crippen LogP contribution in [0.25, 0.3) is 0 Å². The second-order valence-electron chi connectivity index (χ2n) is 2.93. The Labute approximate surface area is 78.5 Å². The number of halogens is 1. The number of aryl methyl sites for hydroxylation is 1. The Kier molecular flexibility index (Phi) is 4.30. The number of hydrogen-bond donors (Lipinski definition) is 0. The monoisotopic (exact) mass is 182 g/mol. The van der Waals surface area contributed by atoms with E-state index in [9.17, 15) is 4.39 Å². The van der Waals surface area contributed by atoms with Crippen LogP contribution in [0.1, 0.15) is 18.9 Å². The molecule has 2 heteroatoms. The Hall–Kier alpha value is -1.05. The maximum Gasteiger partial charge on any atom is 0.123 e. The minimum atomic E-state index is -0.434. The van der Waals surface area contributed by atoms with Crippen LogP contribution in [0.2, 0.25) is 0 Å². The normalized spacial score (nSPS) is 10.0. The fraction of sp³-hybridized carbons (Fsp3) is 0.455. The van der Waals surface area contributed by atoms with Crippen molar-refractivity contribution < 1.29 is 9.13 Å². The predicted octanol–water partition coefficient (Wildman–Crippen LogP) is 2.99. The first-order valence-corrected chi connectivity index (χ1v) is 4.64. The van der Waals surface area contributed by atoms with E-state index in [0.29, 0.717) is 0 Å². The van der Waals surface area contributed by atoms with E-state index in [-0.39, 0.29) is 6.61 Å². The summed E-state index contributed by atoms with van der Waals surface area (Å²) in [5.41, 5.74) is 1.30. The first kappa shape index (κ1) is 10.0. The first-order chi connectivity index (χ1) is 6.36. The van der Waals surface area contributed by atoms with Gasteiger partial charge in [-0.05, 0) is 24.1 Å². The molecule has 0 amide bonds. The zero-order valence-electron chi connectivity index (χ0n) is 7.92. The third-order valence-electron chi connectivity index (χ3n) is 1.81. The van der Waals surface area contributed by atoms with Gasteiger partial charge in [0.15, 0.2) is 0 Å². The molecule has 0 radical (unpaired) electrons. The molecule has 1 aromatic carbocycles. The van der Waals surface area contributed by atoms with Crippen molar-refractivity contribution >= 4 is 0 Å². The van der Waals surface area contributed by atoms with Gasteiger partial charge in [0.2, 0.25) is 0 Å². The van der Waals surface area contributed by atoms with Gasteiger partial charge in [-0.1, -0.05) is 25.5 Å². The van der Waals surface area contributed by atoms with E-state index in [1.165, 1.54) is 5.56 Å². The van der Waals surface area contributed by atoms with Gasteiger partial charge in [-0.2, -0.15) is 0 Å². The molecule has 1 nitrogen and oxygen atoms in total. The molecule has 1 rings (SSSR count). The molecule has 0 fully saturated rings. The van der Waals surface area contributed by atoms with Crippen LogP contribution < -0.4 is 4.74 Å². The second-order valence-corrected chi connectivity index (χ2v) is 2.93. The average molecular weight is 182 g/mol. The lowest BCUT2D eigenvalue weighted by atomic mass is 10.1. The molecule has 0 atom stereocenters. The molecule has 0 unspecified atom stereocenters. The van der Waals surface area contributed by atoms with Gasteiger partial charge in [0.25, 0.3) is 0 Å². The molecule has 0 aliphatic heterocycles. The Morgan fingerprint density at radius 3 is 2.46 bits per heavy atom. The highest BCUT2D eigenvalue weighted by molar-refractivity contribution is 5.27. The van der Waals surface area contributed by atoms with Gasteiger partial charge in [0.05, 0.1) is 0 Å². The topological polar surface area (TPSA) is 9.23 Å². The van der Waals surface area contributed by atoms with Crippen LogP contribution in [0.5, 0.6) is 5.75 Å². The van der Waals surface area contributed by atoms with Crippen molar-refractivity contribution in [3.63, 3.8) is 0 Å². The number of hydrogen-bond acceptors (Lipinski definition) is 1. The summed E-state index contributed by atoms with van der Waals surface area (Å²) in [4.78, 5) is 0. The minimum Gasteiger partial charge on any atom is -0.491 e. The maximum atomic E-state index is 11.8. The molecule has 0 saturated carbocycles. The number of benzene rings is 1. The highest BCUT2D eigenvalue weighted by Gasteiger charge is 1.94. The van der Waals surface area contributed by atoms with Crippen molar-refractivity contribution in [3.8, 4) is 5.75 Å². The van der Waals surface area contributed by atoms with E-state index >= 15 is 0 Å². The van der Waals surface area contributed by atoms with Gasteiger partial charge in [-0.15, -0.1) is 0 Å². The van der Waals surface area contributed by atoms with Gasteiger partial charge in [-0.3, -0.25) is 0 Å². The van der Waals surface area contributed by atoms with Crippen LogP contribution in [0.4, 0.5) is 4.39 Å². The quantitative estimate of drug-likeness (QED) is 0.680. The van der Waals surface area contributed by atoms with Gasteiger partial charge in [0.1, 0.15) is 19.0 Å². The molecule has 13 heavy (non-hydrogen) atoms. The molecule has 0 aromatic heterocycles. The number of ether oxygens (including phenoxy) is 1. The molecule has 0 N–H and O–H groups in total. The number of alkyl halides is 1. The summed E-state index contributed by atoms with van der Waals surface area (Å²) >= 11 is 0. The lowest BCUT2D eigenvalue weighted by Crippen LogP contribution is -1.98. The largest absolute Gasteiger partial charge is 0.491 e. The summed E-state index contributed by atoms with van der Waals surface area (Å²) in [6.07, 6.45) is 2.23. The van der Waals surface area contributed by atoms with Crippen LogP contribution in [0, 0.1) is 0 Å². The number of rotatable bonds is 5. The van der Waals surface area contributed by atoms with Crippen LogP contribution >= 0.6 is 0 Å². The van der Waals surface area contributed by atoms with Gasteiger partial charge < -0.3 is 4.74 Å². The van der Waals surface area contributed by atoms with E-state index < -0.39 is 6.67 Å². The van der Waals surface area contributed by atoms with Gasteiger partial charge >= 0.3 is 0 Å². The molecular formula is C11H15FO. The average Bonchev–Trinajstić information content (AvgIpc) is 2.17. The molecule has 0 heterocycles. The van der Waals surface area contributed by atoms with Crippen molar-refractivity contribution in [2.75, 3.05) is 13.3 Å². The summed E-state index contributed by atoms with van der Waals surface area (Å²) < 4.78 is 16.9. The third-order valence-corrected chi connectivity index (χ3v) is 1.81. The van der Waals surface area contributed by atoms with Gasteiger partial charge in [-0.25, -0.2) is 4.39 Å². The van der Waals surface area contributed by atoms with Crippen molar-refractivity contribution in [3.05, 3.63) is 29.8 Å². The van der Waals surface area contributed by atoms with Gasteiger partial charge in [0, 0.05) is 0 Å². The molecule has 0 bridgehead atoms. The zero-order chi connectivity index (χ0) is 9.52. The fourth-order valence-corrected chi connectivity index (χ4v) is 1.20. The molecule has 0 aliphatic rings. The summed E-state index contributed by atoms with van der Waals surface area (Å²) in [6.45, 7) is 1.86. The van der Waals surface area contributed by atoms with Crippen LogP contribution in [-0.4, -0.2) is 13.3 Å². The first-order valence-electron chi connectivity index (χ1n) is 4.64. The molecule has 1 aromatic rings. The standard InChI is InChI=1S/C11H15FO/c1-2-3-10-4-6-11(7-5-10)13-9-8-12/h4-7H,2-3,8-9H2,1H3. The van der Waals surface area contributed by atoms with E-state index in [2.05, 4.69) is 6.92 Å². The van der Waals surface area contributed by atoms with Crippen molar-refractivity contribution in [2.24, 2.45) is 0 Å². The highest BCUT2D eigenvalue weighted by Crippen LogP contribution is 2.12. The van der Waals surface area contributed by atoms with Crippen LogP contribution in [0.3, 0.4) is 0 Å². The predicted molar refractivity (Wildman–Crippen MR) is 51.9 cm³/mol. The fourth-order valence-electron chi connectivity index (χ4n) is 1.20. The zero-order valence-corrected chi connectivity index (χ0v) is 7.92. The van der Waals surface area contributed by atoms with E-state index in [4.69, 9.17) is 4.74 Å². The Bertz CT molecular complexity index is 230. The summed E-state index contributed by atoms with van der Waals surface area (Å²) in [5.74, 6) is 0.748. The summed E-state index contributed by atoms with van der Waals surface area (Å²) in [5, 5.41) is 0. The second kappa shape index (κ2) is 5.57. The lowest BCUT2D eigenvalue weighted by molar-refractivity contribution is 0.273. The Balaban J connectivity index is 2.48. The molecule has 0 aliphatic carbocycles. The Morgan fingerprint density at radius 1 is 1.23 bits per heavy atom. The van der Waals surface area contributed by atoms with Crippen molar-refractivity contribution in [1.29, 1.82) is 0 Å². The minimum absolute atomic E-state index is 0.146. The van der Waals surface area contributed by atoms with Crippen LogP contribution in [-0.2, 0) is 6.42 Å². The van der Waals surface area contributed by atoms with Crippen LogP contribution in [0.15, 0.2) is 24.3 Å². The third kappa shape index (κ3) is 3.45. The van der Waals surface area contributed by atoms with Crippen molar-refractivity contribution in [1.82, 2.24) is 0 Å². The van der Waals surface area contributed by atoms with Crippen molar-refractivity contribution in [2.45, 2.75) is 19.8 Å². The lowest BCUT2D eigenvalue weighted by Gasteiger charge is -2.04. The SMILES string of the molecule is CCCc1ccc(OCCF)cc1. The Morgan fingerprint density at radius 2 is 1.92 bits per heavy atom.